The smallest absolute Gasteiger partial charge is 0.299 e. The van der Waals surface area contributed by atoms with E-state index in [0.717, 1.165) is 6.42 Å². The van der Waals surface area contributed by atoms with E-state index in [2.05, 4.69) is 4.18 Å². The van der Waals surface area contributed by atoms with Crippen LogP contribution in [0.15, 0.2) is 0 Å². The van der Waals surface area contributed by atoms with Gasteiger partial charge in [0.05, 0.1) is 7.45 Å². The summed E-state index contributed by atoms with van der Waals surface area (Å²) in [5, 5.41) is 0. The first-order valence-electron chi connectivity index (χ1n) is 11.7. The Morgan fingerprint density at radius 1 is 1.20 bits per heavy atom. The minimum Gasteiger partial charge on any atom is -0.299 e. The molecule has 0 radical (unpaired) electrons. The predicted octanol–water partition coefficient (Wildman–Crippen LogP) is 3.79. The van der Waals surface area contributed by atoms with Crippen LogP contribution in [0.4, 0.5) is 0 Å². The Hall–Kier alpha value is -0.460. The van der Waals surface area contributed by atoms with Crippen molar-refractivity contribution in [3.05, 3.63) is 0 Å². The second kappa shape index (κ2) is 5.77. The first-order valence-corrected chi connectivity index (χ1v) is 10.6. The van der Waals surface area contributed by atoms with Gasteiger partial charge in [0, 0.05) is 17.3 Å². The number of rotatable bonds is 2. The highest BCUT2D eigenvalue weighted by Gasteiger charge is 2.60. The zero-order valence-electron chi connectivity index (χ0n) is 19.7. The lowest BCUT2D eigenvalue weighted by molar-refractivity contribution is -0.141. The molecule has 0 spiro atoms. The quantitative estimate of drug-likeness (QED) is 0.743. The van der Waals surface area contributed by atoms with Gasteiger partial charge in [0.15, 0.2) is 0 Å². The molecule has 0 aromatic carbocycles. The average Bonchev–Trinajstić information content (AvgIpc) is 2.87. The van der Waals surface area contributed by atoms with E-state index < -0.39 is 40.6 Å². The fourth-order valence-electron chi connectivity index (χ4n) is 6.36. The van der Waals surface area contributed by atoms with Crippen molar-refractivity contribution in [2.24, 2.45) is 34.5 Å². The van der Waals surface area contributed by atoms with Crippen LogP contribution in [0, 0.1) is 34.5 Å². The molecule has 0 heterocycles. The van der Waals surface area contributed by atoms with Crippen LogP contribution in [0.25, 0.3) is 0 Å². The third-order valence-electron chi connectivity index (χ3n) is 7.70. The molecule has 1 N–H and O–H groups in total. The minimum atomic E-state index is -5.24. The summed E-state index contributed by atoms with van der Waals surface area (Å²) in [5.74, 6) is -0.130. The van der Waals surface area contributed by atoms with Crippen molar-refractivity contribution >= 4 is 16.2 Å². The van der Waals surface area contributed by atoms with Crippen LogP contribution in [0.5, 0.6) is 0 Å². The topological polar surface area (TPSA) is 80.7 Å². The van der Waals surface area contributed by atoms with Gasteiger partial charge in [0.2, 0.25) is 0 Å². The van der Waals surface area contributed by atoms with Gasteiger partial charge >= 0.3 is 10.4 Å². The maximum atomic E-state index is 12.5. The standard InChI is InChI=1S/C19H30O5S/c1-18-9-7-13(24-25(21,22)23)11-12(18)3-4-14-15-5-6-17(20)19(15,2)10-8-16(14)18/h12-16H,3-11H2,1-2H3,(H,21,22,23)/t12-,13-,14-,15-,16-,18-,19-/m0/s1/i7D2,11D2,13D. The predicted molar refractivity (Wildman–Crippen MR) is 93.2 cm³/mol. The molecule has 0 aromatic rings. The summed E-state index contributed by atoms with van der Waals surface area (Å²) in [5.41, 5.74) is -1.17. The molecule has 4 fully saturated rings. The number of Topliss-reactive ketones (excluding diaryl/α,β-unsaturated/α-hetero) is 1. The van der Waals surface area contributed by atoms with E-state index in [1.54, 1.807) is 0 Å². The molecular formula is C19H30O5S. The normalized spacial score (nSPS) is 60.0. The van der Waals surface area contributed by atoms with E-state index in [-0.39, 0.29) is 29.6 Å². The van der Waals surface area contributed by atoms with E-state index in [4.69, 9.17) is 11.4 Å². The van der Waals surface area contributed by atoms with Crippen LogP contribution >= 0.6 is 0 Å². The van der Waals surface area contributed by atoms with E-state index >= 15 is 0 Å². The van der Waals surface area contributed by atoms with Crippen LogP contribution in [-0.4, -0.2) is 24.8 Å². The van der Waals surface area contributed by atoms with Crippen molar-refractivity contribution in [2.45, 2.75) is 77.6 Å². The van der Waals surface area contributed by atoms with Crippen LogP contribution in [0.1, 0.15) is 78.4 Å². The second-order valence-electron chi connectivity index (χ2n) is 8.77. The van der Waals surface area contributed by atoms with Gasteiger partial charge in [-0.2, -0.15) is 8.42 Å². The molecule has 25 heavy (non-hydrogen) atoms. The molecule has 0 amide bonds. The van der Waals surface area contributed by atoms with Crippen molar-refractivity contribution in [2.75, 3.05) is 0 Å². The van der Waals surface area contributed by atoms with Crippen molar-refractivity contribution < 1.29 is 28.8 Å². The third kappa shape index (κ3) is 2.79. The molecule has 0 saturated heterocycles. The third-order valence-corrected chi connectivity index (χ3v) is 8.08. The van der Waals surface area contributed by atoms with Crippen LogP contribution < -0.4 is 0 Å². The Balaban J connectivity index is 1.76. The van der Waals surface area contributed by atoms with Crippen molar-refractivity contribution in [3.8, 4) is 0 Å². The number of fused-ring (bicyclic) bond motifs is 5. The molecular weight excluding hydrogens is 340 g/mol. The molecule has 4 saturated carbocycles. The Labute approximate surface area is 157 Å². The fraction of sp³-hybridized carbons (Fsp3) is 0.947. The summed E-state index contributed by atoms with van der Waals surface area (Å²) in [6.07, 6.45) is -4.84. The molecule has 6 heteroatoms. The maximum Gasteiger partial charge on any atom is 0.397 e. The SMILES string of the molecule is [2H]C1([2H])C[C@]2(C)[C@H]3CC[C@]4(C)C(=O)CC[C@H]4[C@@H]3CC[C@H]2C([2H])([2H])[C@@]1([2H])OS(=O)(=O)O. The molecule has 4 aliphatic carbocycles. The Bertz CT molecular complexity index is 879. The van der Waals surface area contributed by atoms with Gasteiger partial charge in [-0.1, -0.05) is 13.8 Å². The van der Waals surface area contributed by atoms with Gasteiger partial charge in [-0.25, -0.2) is 4.18 Å². The van der Waals surface area contributed by atoms with E-state index in [1.165, 1.54) is 0 Å². The summed E-state index contributed by atoms with van der Waals surface area (Å²) < 4.78 is 79.1. The first kappa shape index (κ1) is 12.8. The monoisotopic (exact) mass is 375 g/mol. The van der Waals surface area contributed by atoms with Gasteiger partial charge in [-0.05, 0) is 80.4 Å². The highest BCUT2D eigenvalue weighted by atomic mass is 32.3. The molecule has 7 atom stereocenters. The number of carbonyl (C=O) groups excluding carboxylic acids is 1. The second-order valence-corrected chi connectivity index (χ2v) is 9.79. The molecule has 0 aliphatic heterocycles. The summed E-state index contributed by atoms with van der Waals surface area (Å²) >= 11 is 0. The van der Waals surface area contributed by atoms with Gasteiger partial charge < -0.3 is 0 Å². The molecule has 5 nitrogen and oxygen atoms in total. The van der Waals surface area contributed by atoms with Crippen LogP contribution in [-0.2, 0) is 19.4 Å². The highest BCUT2D eigenvalue weighted by molar-refractivity contribution is 7.80. The van der Waals surface area contributed by atoms with Gasteiger partial charge in [-0.3, -0.25) is 9.35 Å². The lowest BCUT2D eigenvalue weighted by atomic mass is 9.45. The zero-order chi connectivity index (χ0) is 22.5. The van der Waals surface area contributed by atoms with Crippen molar-refractivity contribution in [1.82, 2.24) is 0 Å². The Morgan fingerprint density at radius 3 is 2.68 bits per heavy atom. The average molecular weight is 376 g/mol. The van der Waals surface area contributed by atoms with Gasteiger partial charge in [-0.15, -0.1) is 0 Å². The Kier molecular flexibility index (Phi) is 2.96. The zero-order valence-corrected chi connectivity index (χ0v) is 15.6. The van der Waals surface area contributed by atoms with Crippen molar-refractivity contribution in [3.63, 3.8) is 0 Å². The minimum absolute atomic E-state index is 0.0133. The molecule has 0 aromatic heterocycles. The molecule has 142 valence electrons. The highest BCUT2D eigenvalue weighted by Crippen LogP contribution is 2.65. The van der Waals surface area contributed by atoms with Crippen LogP contribution in [0.3, 0.4) is 0 Å². The molecule has 0 bridgehead atoms. The van der Waals surface area contributed by atoms with Crippen LogP contribution in [0.2, 0.25) is 0 Å². The van der Waals surface area contributed by atoms with E-state index in [9.17, 15) is 13.2 Å². The van der Waals surface area contributed by atoms with E-state index in [1.807, 2.05) is 13.8 Å². The maximum absolute atomic E-state index is 12.5. The van der Waals surface area contributed by atoms with E-state index in [0.29, 0.717) is 37.9 Å². The largest absolute Gasteiger partial charge is 0.397 e. The summed E-state index contributed by atoms with van der Waals surface area (Å²) in [4.78, 5) is 12.5. The van der Waals surface area contributed by atoms with Crippen molar-refractivity contribution in [1.29, 1.82) is 0 Å². The van der Waals surface area contributed by atoms with Gasteiger partial charge in [0.1, 0.15) is 5.78 Å². The lowest BCUT2D eigenvalue weighted by Crippen LogP contribution is -2.54. The Morgan fingerprint density at radius 2 is 1.96 bits per heavy atom. The summed E-state index contributed by atoms with van der Waals surface area (Å²) in [6.45, 7) is 3.89. The van der Waals surface area contributed by atoms with Gasteiger partial charge in [0.25, 0.3) is 0 Å². The number of hydrogen-bond acceptors (Lipinski definition) is 4. The lowest BCUT2D eigenvalue weighted by Gasteiger charge is -2.60. The fourth-order valence-corrected chi connectivity index (χ4v) is 6.67. The first-order chi connectivity index (χ1) is 13.5. The number of hydrogen-bond donors (Lipinski definition) is 1. The number of ketones is 1. The molecule has 4 aliphatic rings. The summed E-state index contributed by atoms with van der Waals surface area (Å²) in [6, 6.07) is 0. The molecule has 0 unspecified atom stereocenters. The summed E-state index contributed by atoms with van der Waals surface area (Å²) in [7, 11) is -5.24. The number of carbonyl (C=O) groups is 1. The molecule has 4 rings (SSSR count).